The number of hydrogen-bond acceptors (Lipinski definition) is 5. The first-order valence-electron chi connectivity index (χ1n) is 5.59. The summed E-state index contributed by atoms with van der Waals surface area (Å²) in [6, 6.07) is 0.609. The van der Waals surface area contributed by atoms with E-state index < -0.39 is 0 Å². The van der Waals surface area contributed by atoms with Crippen molar-refractivity contribution in [2.45, 2.75) is 32.7 Å². The van der Waals surface area contributed by atoms with Crippen LogP contribution in [-0.2, 0) is 0 Å². The quantitative estimate of drug-likeness (QED) is 0.843. The first kappa shape index (κ1) is 10.8. The van der Waals surface area contributed by atoms with Crippen LogP contribution in [0.15, 0.2) is 0 Å². The summed E-state index contributed by atoms with van der Waals surface area (Å²) >= 11 is 1.52. The third kappa shape index (κ3) is 2.46. The second-order valence-corrected chi connectivity index (χ2v) is 4.65. The van der Waals surface area contributed by atoms with Crippen molar-refractivity contribution in [3.8, 4) is 0 Å². The second-order valence-electron chi connectivity index (χ2n) is 3.92. The largest absolute Gasteiger partial charge is 0.343 e. The minimum absolute atomic E-state index is 0.609. The van der Waals surface area contributed by atoms with Crippen LogP contribution in [0.4, 0.5) is 5.13 Å². The van der Waals surface area contributed by atoms with Crippen molar-refractivity contribution in [3.05, 3.63) is 5.82 Å². The number of nitrogens with one attached hydrogen (secondary N) is 1. The van der Waals surface area contributed by atoms with Crippen LogP contribution in [0.1, 0.15) is 25.6 Å². The molecule has 0 bridgehead atoms. The van der Waals surface area contributed by atoms with E-state index in [1.165, 1.54) is 24.4 Å². The first-order valence-corrected chi connectivity index (χ1v) is 6.36. The van der Waals surface area contributed by atoms with Crippen molar-refractivity contribution >= 4 is 16.7 Å². The fourth-order valence-corrected chi connectivity index (χ4v) is 2.79. The summed E-state index contributed by atoms with van der Waals surface area (Å²) in [5.41, 5.74) is 0. The van der Waals surface area contributed by atoms with E-state index in [-0.39, 0.29) is 0 Å². The Kier molecular flexibility index (Phi) is 3.53. The standard InChI is InChI=1S/C10H18N4S/c1-3-11-7-9-5-4-6-14(9)10-12-8(2)13-15-10/h9,11H,3-7H2,1-2H3. The van der Waals surface area contributed by atoms with Gasteiger partial charge in [-0.1, -0.05) is 6.92 Å². The summed E-state index contributed by atoms with van der Waals surface area (Å²) in [6.07, 6.45) is 2.54. The molecule has 0 aliphatic carbocycles. The molecule has 2 heterocycles. The zero-order chi connectivity index (χ0) is 10.7. The molecule has 0 radical (unpaired) electrons. The molecule has 1 aromatic rings. The predicted molar refractivity (Wildman–Crippen MR) is 63.6 cm³/mol. The second kappa shape index (κ2) is 4.90. The summed E-state index contributed by atoms with van der Waals surface area (Å²) in [4.78, 5) is 6.85. The molecule has 1 aliphatic rings. The van der Waals surface area contributed by atoms with Gasteiger partial charge in [0.15, 0.2) is 0 Å². The SMILES string of the molecule is CCNCC1CCCN1c1nc(C)ns1. The maximum Gasteiger partial charge on any atom is 0.205 e. The number of aromatic nitrogens is 2. The van der Waals surface area contributed by atoms with Gasteiger partial charge in [-0.2, -0.15) is 4.37 Å². The summed E-state index contributed by atoms with van der Waals surface area (Å²) in [5.74, 6) is 0.893. The van der Waals surface area contributed by atoms with Crippen LogP contribution in [0.2, 0.25) is 0 Å². The van der Waals surface area contributed by atoms with Gasteiger partial charge in [0, 0.05) is 30.7 Å². The number of anilines is 1. The van der Waals surface area contributed by atoms with E-state index in [2.05, 4.69) is 26.5 Å². The Balaban J connectivity index is 2.01. The van der Waals surface area contributed by atoms with E-state index in [1.54, 1.807) is 0 Å². The molecule has 0 saturated carbocycles. The molecule has 0 amide bonds. The van der Waals surface area contributed by atoms with Crippen LogP contribution >= 0.6 is 11.5 Å². The van der Waals surface area contributed by atoms with E-state index in [0.717, 1.165) is 30.6 Å². The highest BCUT2D eigenvalue weighted by Crippen LogP contribution is 2.26. The van der Waals surface area contributed by atoms with Gasteiger partial charge in [-0.15, -0.1) is 0 Å². The van der Waals surface area contributed by atoms with Crippen LogP contribution in [0.5, 0.6) is 0 Å². The Bertz CT molecular complexity index is 312. The third-order valence-corrected chi connectivity index (χ3v) is 3.61. The van der Waals surface area contributed by atoms with Crippen molar-refractivity contribution in [1.29, 1.82) is 0 Å². The van der Waals surface area contributed by atoms with Crippen molar-refractivity contribution in [3.63, 3.8) is 0 Å². The zero-order valence-corrected chi connectivity index (χ0v) is 10.2. The monoisotopic (exact) mass is 226 g/mol. The molecule has 1 unspecified atom stereocenters. The number of nitrogens with zero attached hydrogens (tertiary/aromatic N) is 3. The minimum Gasteiger partial charge on any atom is -0.343 e. The molecule has 84 valence electrons. The smallest absolute Gasteiger partial charge is 0.205 e. The van der Waals surface area contributed by atoms with Crippen LogP contribution in [-0.4, -0.2) is 35.0 Å². The molecule has 1 N–H and O–H groups in total. The van der Waals surface area contributed by atoms with Gasteiger partial charge in [-0.05, 0) is 26.3 Å². The van der Waals surface area contributed by atoms with Crippen LogP contribution in [0, 0.1) is 6.92 Å². The molecule has 1 fully saturated rings. The van der Waals surface area contributed by atoms with E-state index in [0.29, 0.717) is 6.04 Å². The molecule has 2 rings (SSSR count). The van der Waals surface area contributed by atoms with E-state index in [9.17, 15) is 0 Å². The molecular weight excluding hydrogens is 208 g/mol. The van der Waals surface area contributed by atoms with Crippen molar-refractivity contribution in [1.82, 2.24) is 14.7 Å². The van der Waals surface area contributed by atoms with Crippen molar-refractivity contribution < 1.29 is 0 Å². The van der Waals surface area contributed by atoms with Crippen LogP contribution < -0.4 is 10.2 Å². The van der Waals surface area contributed by atoms with E-state index in [1.807, 2.05) is 6.92 Å². The molecule has 0 aromatic carbocycles. The number of hydrogen-bond donors (Lipinski definition) is 1. The Morgan fingerprint density at radius 3 is 3.13 bits per heavy atom. The predicted octanol–water partition coefficient (Wildman–Crippen LogP) is 1.42. The molecule has 1 atom stereocenters. The Morgan fingerprint density at radius 2 is 2.47 bits per heavy atom. The molecule has 5 heteroatoms. The maximum absolute atomic E-state index is 4.46. The topological polar surface area (TPSA) is 41.0 Å². The van der Waals surface area contributed by atoms with Gasteiger partial charge in [0.2, 0.25) is 5.13 Å². The lowest BCUT2D eigenvalue weighted by Crippen LogP contribution is -2.37. The average molecular weight is 226 g/mol. The number of rotatable bonds is 4. The summed E-state index contributed by atoms with van der Waals surface area (Å²) < 4.78 is 4.24. The molecular formula is C10H18N4S. The summed E-state index contributed by atoms with van der Waals surface area (Å²) in [6.45, 7) is 7.34. The Labute approximate surface area is 94.9 Å². The normalized spacial score (nSPS) is 21.2. The molecule has 1 aromatic heterocycles. The van der Waals surface area contributed by atoms with Crippen LogP contribution in [0.25, 0.3) is 0 Å². The van der Waals surface area contributed by atoms with Crippen molar-refractivity contribution in [2.24, 2.45) is 0 Å². The Hall–Kier alpha value is -0.680. The van der Waals surface area contributed by atoms with Gasteiger partial charge in [-0.3, -0.25) is 0 Å². The van der Waals surface area contributed by atoms with Gasteiger partial charge in [0.05, 0.1) is 0 Å². The fraction of sp³-hybridized carbons (Fsp3) is 0.800. The number of likely N-dealkylation sites (N-methyl/N-ethyl adjacent to an activating group) is 1. The highest BCUT2D eigenvalue weighted by atomic mass is 32.1. The lowest BCUT2D eigenvalue weighted by Gasteiger charge is -2.23. The molecule has 4 nitrogen and oxygen atoms in total. The van der Waals surface area contributed by atoms with Gasteiger partial charge in [0.1, 0.15) is 5.82 Å². The molecule has 15 heavy (non-hydrogen) atoms. The van der Waals surface area contributed by atoms with E-state index in [4.69, 9.17) is 0 Å². The minimum atomic E-state index is 0.609. The first-order chi connectivity index (χ1) is 7.31. The molecule has 0 spiro atoms. The summed E-state index contributed by atoms with van der Waals surface area (Å²) in [5, 5.41) is 4.50. The van der Waals surface area contributed by atoms with E-state index >= 15 is 0 Å². The van der Waals surface area contributed by atoms with Gasteiger partial charge in [0.25, 0.3) is 0 Å². The van der Waals surface area contributed by atoms with Gasteiger partial charge in [-0.25, -0.2) is 4.98 Å². The number of aryl methyl sites for hydroxylation is 1. The fourth-order valence-electron chi connectivity index (χ4n) is 2.01. The van der Waals surface area contributed by atoms with Gasteiger partial charge >= 0.3 is 0 Å². The average Bonchev–Trinajstić information content (AvgIpc) is 2.82. The van der Waals surface area contributed by atoms with Crippen LogP contribution in [0.3, 0.4) is 0 Å². The maximum atomic E-state index is 4.46. The van der Waals surface area contributed by atoms with Gasteiger partial charge < -0.3 is 10.2 Å². The third-order valence-electron chi connectivity index (χ3n) is 2.77. The molecule has 1 aliphatic heterocycles. The lowest BCUT2D eigenvalue weighted by molar-refractivity contribution is 0.587. The lowest BCUT2D eigenvalue weighted by atomic mass is 10.2. The van der Waals surface area contributed by atoms with Crippen molar-refractivity contribution in [2.75, 3.05) is 24.5 Å². The highest BCUT2D eigenvalue weighted by Gasteiger charge is 2.26. The highest BCUT2D eigenvalue weighted by molar-refractivity contribution is 7.09. The molecule has 1 saturated heterocycles. The summed E-state index contributed by atoms with van der Waals surface area (Å²) in [7, 11) is 0. The Morgan fingerprint density at radius 1 is 1.60 bits per heavy atom. The zero-order valence-electron chi connectivity index (χ0n) is 9.36.